The third-order valence-electron chi connectivity index (χ3n) is 2.87. The van der Waals surface area contributed by atoms with Crippen LogP contribution in [0.1, 0.15) is 33.1 Å². The van der Waals surface area contributed by atoms with Gasteiger partial charge in [0.25, 0.3) is 0 Å². The number of hydrogen-bond donors (Lipinski definition) is 1. The van der Waals surface area contributed by atoms with E-state index in [1.165, 1.54) is 5.57 Å². The fourth-order valence-corrected chi connectivity index (χ4v) is 2.20. The van der Waals surface area contributed by atoms with E-state index >= 15 is 0 Å². The van der Waals surface area contributed by atoms with Gasteiger partial charge in [-0.05, 0) is 50.0 Å². The van der Waals surface area contributed by atoms with E-state index in [1.807, 2.05) is 19.9 Å². The Hall–Kier alpha value is -1.28. The zero-order chi connectivity index (χ0) is 12.3. The summed E-state index contributed by atoms with van der Waals surface area (Å²) in [7, 11) is 0. The van der Waals surface area contributed by atoms with Crippen molar-refractivity contribution in [3.05, 3.63) is 47.3 Å². The summed E-state index contributed by atoms with van der Waals surface area (Å²) < 4.78 is 5.75. The van der Waals surface area contributed by atoms with Crippen LogP contribution in [0.4, 0.5) is 0 Å². The van der Waals surface area contributed by atoms with Crippen molar-refractivity contribution in [1.29, 1.82) is 0 Å². The lowest BCUT2D eigenvalue weighted by Crippen LogP contribution is -2.19. The highest BCUT2D eigenvalue weighted by atomic mass is 16.5. The highest BCUT2D eigenvalue weighted by molar-refractivity contribution is 5.50. The van der Waals surface area contributed by atoms with Gasteiger partial charge in [0.2, 0.25) is 0 Å². The van der Waals surface area contributed by atoms with Crippen LogP contribution in [0.5, 0.6) is 0 Å². The van der Waals surface area contributed by atoms with Crippen LogP contribution in [0.25, 0.3) is 0 Å². The molecule has 0 fully saturated rings. The fourth-order valence-electron chi connectivity index (χ4n) is 2.20. The number of aliphatic hydroxyl groups excluding tert-OH is 1. The number of ether oxygens (including phenoxy) is 1. The Balaban J connectivity index is 2.16. The van der Waals surface area contributed by atoms with Crippen LogP contribution in [0.3, 0.4) is 0 Å². The maximum atomic E-state index is 9.78. The van der Waals surface area contributed by atoms with Crippen molar-refractivity contribution in [2.24, 2.45) is 0 Å². The van der Waals surface area contributed by atoms with Gasteiger partial charge in [-0.25, -0.2) is 0 Å². The summed E-state index contributed by atoms with van der Waals surface area (Å²) in [4.78, 5) is 0. The Kier molecular flexibility index (Phi) is 3.85. The Morgan fingerprint density at radius 3 is 2.76 bits per heavy atom. The zero-order valence-corrected chi connectivity index (χ0v) is 10.5. The second-order valence-corrected chi connectivity index (χ2v) is 4.82. The lowest BCUT2D eigenvalue weighted by atomic mass is 9.93. The molecule has 0 radical (unpaired) electrons. The molecule has 0 heterocycles. The maximum Gasteiger partial charge on any atom is 0.0957 e. The summed E-state index contributed by atoms with van der Waals surface area (Å²) >= 11 is 0. The van der Waals surface area contributed by atoms with Crippen molar-refractivity contribution in [1.82, 2.24) is 0 Å². The monoisotopic (exact) mass is 232 g/mol. The van der Waals surface area contributed by atoms with Gasteiger partial charge in [-0.2, -0.15) is 0 Å². The minimum absolute atomic E-state index is 0.00812. The molecule has 0 bridgehead atoms. The van der Waals surface area contributed by atoms with Crippen LogP contribution >= 0.6 is 0 Å². The minimum atomic E-state index is -0.00812. The normalized spacial score (nSPS) is 24.4. The lowest BCUT2D eigenvalue weighted by molar-refractivity contribution is 0.0295. The first kappa shape index (κ1) is 12.2. The maximum absolute atomic E-state index is 9.78. The van der Waals surface area contributed by atoms with E-state index in [2.05, 4.69) is 24.3 Å². The van der Waals surface area contributed by atoms with Crippen molar-refractivity contribution < 1.29 is 9.84 Å². The summed E-state index contributed by atoms with van der Waals surface area (Å²) in [5.41, 5.74) is 2.27. The van der Waals surface area contributed by atoms with Crippen LogP contribution in [-0.2, 0) is 4.74 Å². The van der Waals surface area contributed by atoms with Gasteiger partial charge in [0.05, 0.1) is 18.0 Å². The van der Waals surface area contributed by atoms with E-state index < -0.39 is 0 Å². The Labute approximate surface area is 103 Å². The average Bonchev–Trinajstić information content (AvgIpc) is 2.28. The molecule has 0 saturated heterocycles. The molecule has 2 rings (SSSR count). The van der Waals surface area contributed by atoms with Crippen molar-refractivity contribution in [2.75, 3.05) is 0 Å². The van der Waals surface area contributed by atoms with Gasteiger partial charge in [-0.3, -0.25) is 0 Å². The average molecular weight is 232 g/mol. The van der Waals surface area contributed by atoms with E-state index in [0.29, 0.717) is 12.2 Å². The molecule has 0 aromatic heterocycles. The molecule has 0 amide bonds. The molecule has 0 aliphatic heterocycles. The van der Waals surface area contributed by atoms with Crippen molar-refractivity contribution in [3.8, 4) is 0 Å². The van der Waals surface area contributed by atoms with E-state index in [4.69, 9.17) is 4.74 Å². The van der Waals surface area contributed by atoms with Crippen LogP contribution < -0.4 is 0 Å². The molecule has 2 aliphatic carbocycles. The molecular formula is C15H20O2. The van der Waals surface area contributed by atoms with Gasteiger partial charge in [-0.1, -0.05) is 18.2 Å². The summed E-state index contributed by atoms with van der Waals surface area (Å²) in [6.45, 7) is 4.03. The van der Waals surface area contributed by atoms with Gasteiger partial charge in [0.15, 0.2) is 0 Å². The first-order valence-electron chi connectivity index (χ1n) is 6.29. The molecule has 0 aromatic carbocycles. The summed E-state index contributed by atoms with van der Waals surface area (Å²) in [5, 5.41) is 9.78. The Morgan fingerprint density at radius 2 is 2.12 bits per heavy atom. The largest absolute Gasteiger partial charge is 0.512 e. The highest BCUT2D eigenvalue weighted by Gasteiger charge is 2.18. The summed E-state index contributed by atoms with van der Waals surface area (Å²) in [6.07, 6.45) is 13.4. The molecule has 2 aliphatic rings. The van der Waals surface area contributed by atoms with Crippen molar-refractivity contribution in [3.63, 3.8) is 0 Å². The van der Waals surface area contributed by atoms with Gasteiger partial charge < -0.3 is 9.84 Å². The van der Waals surface area contributed by atoms with Crippen molar-refractivity contribution in [2.45, 2.75) is 45.3 Å². The van der Waals surface area contributed by atoms with Crippen LogP contribution in [0.15, 0.2) is 47.3 Å². The smallest absolute Gasteiger partial charge is 0.0957 e. The van der Waals surface area contributed by atoms with E-state index in [9.17, 15) is 5.11 Å². The minimum Gasteiger partial charge on any atom is -0.512 e. The predicted octanol–water partition coefficient (Wildman–Crippen LogP) is 3.83. The lowest BCUT2D eigenvalue weighted by Gasteiger charge is -2.22. The molecule has 92 valence electrons. The third kappa shape index (κ3) is 3.34. The molecule has 1 unspecified atom stereocenters. The number of hydrogen-bond acceptors (Lipinski definition) is 2. The number of rotatable bonds is 3. The number of aliphatic hydroxyl groups is 1. The van der Waals surface area contributed by atoms with Gasteiger partial charge >= 0.3 is 0 Å². The van der Waals surface area contributed by atoms with Gasteiger partial charge in [-0.15, -0.1) is 0 Å². The Morgan fingerprint density at radius 1 is 1.29 bits per heavy atom. The molecule has 2 heteroatoms. The second kappa shape index (κ2) is 5.37. The van der Waals surface area contributed by atoms with Crippen LogP contribution in [0, 0.1) is 0 Å². The third-order valence-corrected chi connectivity index (χ3v) is 2.87. The van der Waals surface area contributed by atoms with Crippen LogP contribution in [0.2, 0.25) is 0 Å². The quantitative estimate of drug-likeness (QED) is 0.801. The fraction of sp³-hybridized carbons (Fsp3) is 0.467. The van der Waals surface area contributed by atoms with E-state index in [0.717, 1.165) is 18.4 Å². The molecular weight excluding hydrogens is 212 g/mol. The van der Waals surface area contributed by atoms with Gasteiger partial charge in [0.1, 0.15) is 0 Å². The first-order valence-corrected chi connectivity index (χ1v) is 6.29. The summed E-state index contributed by atoms with van der Waals surface area (Å²) in [6, 6.07) is 0. The topological polar surface area (TPSA) is 29.5 Å². The Bertz CT molecular complexity index is 397. The molecule has 0 saturated carbocycles. The molecule has 1 atom stereocenters. The predicted molar refractivity (Wildman–Crippen MR) is 69.9 cm³/mol. The molecule has 2 nitrogen and oxygen atoms in total. The molecule has 0 spiro atoms. The first-order chi connectivity index (χ1) is 8.15. The zero-order valence-electron chi connectivity index (χ0n) is 10.5. The molecule has 0 aromatic rings. The second-order valence-electron chi connectivity index (χ2n) is 4.82. The highest BCUT2D eigenvalue weighted by Crippen LogP contribution is 2.27. The standard InChI is InChI=1S/C15H20O2/c1-11(2)17-15-9-13(8-14(16)10-15)12-6-4-3-5-7-12/h4,6-9,11,15-16H,3,5,10H2,1-2H3. The van der Waals surface area contributed by atoms with E-state index in [1.54, 1.807) is 0 Å². The SMILES string of the molecule is CC(C)OC1C=C(C2=CCCC=C2)C=C(O)C1. The van der Waals surface area contributed by atoms with Crippen molar-refractivity contribution >= 4 is 0 Å². The van der Waals surface area contributed by atoms with Gasteiger partial charge in [0, 0.05) is 6.42 Å². The van der Waals surface area contributed by atoms with Crippen LogP contribution in [-0.4, -0.2) is 17.3 Å². The molecule has 17 heavy (non-hydrogen) atoms. The number of allylic oxidation sites excluding steroid dienone is 6. The summed E-state index contributed by atoms with van der Waals surface area (Å²) in [5.74, 6) is 0.410. The van der Waals surface area contributed by atoms with E-state index in [-0.39, 0.29) is 12.2 Å². The molecule has 1 N–H and O–H groups in total.